The molecule has 4 rings (SSSR count). The lowest BCUT2D eigenvalue weighted by Crippen LogP contribution is -2.41. The molecule has 9 nitrogen and oxygen atoms in total. The number of para-hydroxylation sites is 1. The van der Waals surface area contributed by atoms with Crippen LogP contribution in [-0.2, 0) is 9.59 Å². The molecule has 2 fully saturated rings. The zero-order chi connectivity index (χ0) is 17.6. The molecule has 0 bridgehead atoms. The summed E-state index contributed by atoms with van der Waals surface area (Å²) in [6.45, 7) is 3.12. The van der Waals surface area contributed by atoms with Gasteiger partial charge in [-0.3, -0.25) is 9.59 Å². The van der Waals surface area contributed by atoms with Crippen LogP contribution in [0.1, 0.15) is 6.92 Å². The third kappa shape index (κ3) is 2.19. The van der Waals surface area contributed by atoms with Gasteiger partial charge in [-0.15, -0.1) is 0 Å². The fourth-order valence-electron chi connectivity index (χ4n) is 3.84. The van der Waals surface area contributed by atoms with E-state index < -0.39 is 17.3 Å². The molecule has 3 heterocycles. The minimum atomic E-state index is -1.11. The van der Waals surface area contributed by atoms with E-state index >= 15 is 0 Å². The van der Waals surface area contributed by atoms with Crippen molar-refractivity contribution in [1.82, 2.24) is 25.1 Å². The second-order valence-electron chi connectivity index (χ2n) is 6.47. The van der Waals surface area contributed by atoms with Gasteiger partial charge in [-0.05, 0) is 29.5 Å². The third-order valence-electron chi connectivity index (χ3n) is 5.17. The largest absolute Gasteiger partial charge is 0.481 e. The summed E-state index contributed by atoms with van der Waals surface area (Å²) in [6, 6.07) is 9.38. The van der Waals surface area contributed by atoms with Crippen LogP contribution in [0.4, 0.5) is 5.95 Å². The lowest BCUT2D eigenvalue weighted by atomic mass is 9.81. The standard InChI is InChI=1S/C16H18N6O3/c1-2-20-9-16(14(24)25)10-21(8-12(16)13(20)23)15-17-18-19-22(15)11-6-4-3-5-7-11/h3-7,12H,2,8-10H2,1H3,(H,24,25)/t12-,16+/m1/s1. The van der Waals surface area contributed by atoms with E-state index in [0.29, 0.717) is 19.0 Å². The van der Waals surface area contributed by atoms with Crippen LogP contribution >= 0.6 is 0 Å². The number of anilines is 1. The number of aliphatic carboxylic acids is 1. The number of carboxylic acid groups (broad SMARTS) is 1. The summed E-state index contributed by atoms with van der Waals surface area (Å²) in [6.07, 6.45) is 0. The molecule has 0 radical (unpaired) electrons. The van der Waals surface area contributed by atoms with Crippen LogP contribution < -0.4 is 4.90 Å². The molecule has 2 saturated heterocycles. The van der Waals surface area contributed by atoms with Crippen LogP contribution in [0.5, 0.6) is 0 Å². The van der Waals surface area contributed by atoms with E-state index in [4.69, 9.17) is 0 Å². The van der Waals surface area contributed by atoms with Crippen LogP contribution in [0.25, 0.3) is 5.69 Å². The fourth-order valence-corrected chi connectivity index (χ4v) is 3.84. The van der Waals surface area contributed by atoms with Crippen molar-refractivity contribution in [2.75, 3.05) is 31.1 Å². The van der Waals surface area contributed by atoms with Crippen molar-refractivity contribution in [3.63, 3.8) is 0 Å². The number of likely N-dealkylation sites (tertiary alicyclic amines) is 1. The zero-order valence-electron chi connectivity index (χ0n) is 13.7. The minimum absolute atomic E-state index is 0.105. The maximum Gasteiger partial charge on any atom is 0.314 e. The van der Waals surface area contributed by atoms with Gasteiger partial charge in [-0.25, -0.2) is 0 Å². The van der Waals surface area contributed by atoms with Crippen LogP contribution in [-0.4, -0.2) is 68.3 Å². The summed E-state index contributed by atoms with van der Waals surface area (Å²) in [5.41, 5.74) is -0.328. The number of nitrogens with zero attached hydrogens (tertiary/aromatic N) is 6. The number of carbonyl (C=O) groups is 2. The van der Waals surface area contributed by atoms with E-state index in [9.17, 15) is 14.7 Å². The maximum absolute atomic E-state index is 12.6. The Hall–Kier alpha value is -2.97. The van der Waals surface area contributed by atoms with Crippen molar-refractivity contribution < 1.29 is 14.7 Å². The van der Waals surface area contributed by atoms with Crippen LogP contribution in [0.3, 0.4) is 0 Å². The van der Waals surface area contributed by atoms with E-state index in [0.717, 1.165) is 5.69 Å². The number of carbonyl (C=O) groups excluding carboxylic acids is 1. The average Bonchev–Trinajstić information content (AvgIpc) is 3.30. The number of hydrogen-bond donors (Lipinski definition) is 1. The fraction of sp³-hybridized carbons (Fsp3) is 0.438. The molecule has 0 saturated carbocycles. The molecular formula is C16H18N6O3. The molecule has 130 valence electrons. The second-order valence-corrected chi connectivity index (χ2v) is 6.47. The number of fused-ring (bicyclic) bond motifs is 1. The molecule has 1 N–H and O–H groups in total. The zero-order valence-corrected chi connectivity index (χ0v) is 13.7. The van der Waals surface area contributed by atoms with Crippen molar-refractivity contribution in [1.29, 1.82) is 0 Å². The van der Waals surface area contributed by atoms with Gasteiger partial charge >= 0.3 is 5.97 Å². The predicted octanol–water partition coefficient (Wildman–Crippen LogP) is 0.0316. The summed E-state index contributed by atoms with van der Waals surface area (Å²) < 4.78 is 1.57. The highest BCUT2D eigenvalue weighted by molar-refractivity contribution is 5.93. The van der Waals surface area contributed by atoms with Gasteiger partial charge in [-0.2, -0.15) is 4.68 Å². The Morgan fingerprint density at radius 2 is 2.08 bits per heavy atom. The third-order valence-corrected chi connectivity index (χ3v) is 5.17. The quantitative estimate of drug-likeness (QED) is 0.836. The summed E-state index contributed by atoms with van der Waals surface area (Å²) in [5, 5.41) is 21.7. The number of benzene rings is 1. The molecule has 2 aliphatic rings. The molecule has 2 atom stereocenters. The number of aromatic nitrogens is 4. The smallest absolute Gasteiger partial charge is 0.314 e. The Morgan fingerprint density at radius 3 is 2.72 bits per heavy atom. The SMILES string of the molecule is CCN1C[C@]2(C(=O)O)CN(c3nnnn3-c3ccccc3)C[C@@H]2C1=O. The second kappa shape index (κ2) is 5.54. The van der Waals surface area contributed by atoms with Crippen molar-refractivity contribution >= 4 is 17.8 Å². The highest BCUT2D eigenvalue weighted by atomic mass is 16.4. The van der Waals surface area contributed by atoms with Gasteiger partial charge in [-0.1, -0.05) is 23.3 Å². The lowest BCUT2D eigenvalue weighted by molar-refractivity contribution is -0.149. The first kappa shape index (κ1) is 15.6. The van der Waals surface area contributed by atoms with E-state index in [2.05, 4.69) is 15.5 Å². The van der Waals surface area contributed by atoms with Gasteiger partial charge in [0, 0.05) is 26.2 Å². The summed E-state index contributed by atoms with van der Waals surface area (Å²) in [7, 11) is 0. The monoisotopic (exact) mass is 342 g/mol. The van der Waals surface area contributed by atoms with Crippen molar-refractivity contribution in [2.45, 2.75) is 6.92 Å². The van der Waals surface area contributed by atoms with Crippen molar-refractivity contribution in [3.8, 4) is 5.69 Å². The average molecular weight is 342 g/mol. The van der Waals surface area contributed by atoms with Gasteiger partial charge in [0.2, 0.25) is 11.9 Å². The predicted molar refractivity (Wildman–Crippen MR) is 87.2 cm³/mol. The Kier molecular flexibility index (Phi) is 3.45. The number of rotatable bonds is 4. The van der Waals surface area contributed by atoms with E-state index in [1.807, 2.05) is 37.3 Å². The molecule has 1 amide bonds. The summed E-state index contributed by atoms with van der Waals surface area (Å²) in [5.74, 6) is -1.17. The minimum Gasteiger partial charge on any atom is -0.481 e. The Balaban J connectivity index is 1.69. The topological polar surface area (TPSA) is 104 Å². The number of hydrogen-bond acceptors (Lipinski definition) is 6. The number of tetrazole rings is 1. The first-order chi connectivity index (χ1) is 12.1. The molecule has 2 aromatic rings. The van der Waals surface area contributed by atoms with Crippen LogP contribution in [0, 0.1) is 11.3 Å². The van der Waals surface area contributed by atoms with Gasteiger partial charge in [0.25, 0.3) is 0 Å². The molecule has 0 unspecified atom stereocenters. The molecule has 0 aliphatic carbocycles. The Labute approximate surface area is 143 Å². The summed E-state index contributed by atoms with van der Waals surface area (Å²) >= 11 is 0. The molecule has 9 heteroatoms. The molecule has 1 aromatic heterocycles. The summed E-state index contributed by atoms with van der Waals surface area (Å²) in [4.78, 5) is 28.0. The lowest BCUT2D eigenvalue weighted by Gasteiger charge is -2.24. The van der Waals surface area contributed by atoms with Crippen LogP contribution in [0.15, 0.2) is 30.3 Å². The van der Waals surface area contributed by atoms with E-state index in [1.165, 1.54) is 0 Å². The normalized spacial score (nSPS) is 25.5. The van der Waals surface area contributed by atoms with Crippen LogP contribution in [0.2, 0.25) is 0 Å². The highest BCUT2D eigenvalue weighted by Gasteiger charge is 2.62. The molecular weight excluding hydrogens is 324 g/mol. The van der Waals surface area contributed by atoms with Gasteiger partial charge in [0.1, 0.15) is 5.41 Å². The number of amides is 1. The van der Waals surface area contributed by atoms with E-state index in [-0.39, 0.29) is 19.0 Å². The molecule has 1 aromatic carbocycles. The molecule has 25 heavy (non-hydrogen) atoms. The first-order valence-electron chi connectivity index (χ1n) is 8.18. The van der Waals surface area contributed by atoms with Gasteiger partial charge in [0.15, 0.2) is 0 Å². The Bertz CT molecular complexity index is 822. The first-order valence-corrected chi connectivity index (χ1v) is 8.18. The van der Waals surface area contributed by atoms with Crippen molar-refractivity contribution in [2.24, 2.45) is 11.3 Å². The van der Waals surface area contributed by atoms with Gasteiger partial charge in [0.05, 0.1) is 11.6 Å². The van der Waals surface area contributed by atoms with Gasteiger partial charge < -0.3 is 14.9 Å². The Morgan fingerprint density at radius 1 is 1.32 bits per heavy atom. The highest BCUT2D eigenvalue weighted by Crippen LogP contribution is 2.44. The maximum atomic E-state index is 12.6. The molecule has 2 aliphatic heterocycles. The van der Waals surface area contributed by atoms with E-state index in [1.54, 1.807) is 14.5 Å². The number of carboxylic acids is 1. The molecule has 0 spiro atoms. The van der Waals surface area contributed by atoms with Crippen molar-refractivity contribution in [3.05, 3.63) is 30.3 Å².